The van der Waals surface area contributed by atoms with Crippen molar-refractivity contribution in [3.63, 3.8) is 0 Å². The van der Waals surface area contributed by atoms with Gasteiger partial charge in [-0.05, 0) is 30.5 Å². The third-order valence-electron chi connectivity index (χ3n) is 3.47. The van der Waals surface area contributed by atoms with Gasteiger partial charge in [0.2, 0.25) is 0 Å². The van der Waals surface area contributed by atoms with Crippen LogP contribution in [-0.4, -0.2) is 13.7 Å². The van der Waals surface area contributed by atoms with Crippen molar-refractivity contribution in [1.29, 1.82) is 5.26 Å². The van der Waals surface area contributed by atoms with Crippen molar-refractivity contribution in [2.45, 2.75) is 25.8 Å². The molecule has 0 radical (unpaired) electrons. The lowest BCUT2D eigenvalue weighted by Gasteiger charge is -2.35. The van der Waals surface area contributed by atoms with Gasteiger partial charge in [0.05, 0.1) is 18.6 Å². The Hall–Kier alpha value is -1.53. The van der Waals surface area contributed by atoms with Crippen LogP contribution < -0.4 is 10.1 Å². The van der Waals surface area contributed by atoms with Crippen molar-refractivity contribution in [3.05, 3.63) is 29.8 Å². The van der Waals surface area contributed by atoms with Gasteiger partial charge in [-0.3, -0.25) is 0 Å². The van der Waals surface area contributed by atoms with Crippen molar-refractivity contribution in [1.82, 2.24) is 5.32 Å². The number of rotatable bonds is 5. The maximum atomic E-state index is 9.11. The molecule has 1 aromatic rings. The predicted octanol–water partition coefficient (Wildman–Crippen LogP) is 2.48. The van der Waals surface area contributed by atoms with E-state index in [2.05, 4.69) is 17.5 Å². The smallest absolute Gasteiger partial charge is 0.119 e. The van der Waals surface area contributed by atoms with Gasteiger partial charge in [0.1, 0.15) is 5.75 Å². The topological polar surface area (TPSA) is 45.0 Å². The Bertz CT molecular complexity index is 418. The van der Waals surface area contributed by atoms with E-state index < -0.39 is 0 Å². The Labute approximate surface area is 102 Å². The minimum absolute atomic E-state index is 0.0983. The van der Waals surface area contributed by atoms with Gasteiger partial charge in [0, 0.05) is 13.1 Å². The van der Waals surface area contributed by atoms with E-state index in [0.29, 0.717) is 0 Å². The first-order valence-electron chi connectivity index (χ1n) is 6.03. The fourth-order valence-electron chi connectivity index (χ4n) is 2.16. The third kappa shape index (κ3) is 2.78. The van der Waals surface area contributed by atoms with Crippen LogP contribution in [0.25, 0.3) is 0 Å². The Morgan fingerprint density at radius 1 is 1.47 bits per heavy atom. The molecule has 1 aromatic carbocycles. The Morgan fingerprint density at radius 2 is 2.29 bits per heavy atom. The summed E-state index contributed by atoms with van der Waals surface area (Å²) in [7, 11) is 1.67. The highest BCUT2D eigenvalue weighted by Gasteiger charge is 2.36. The minimum atomic E-state index is -0.0983. The summed E-state index contributed by atoms with van der Waals surface area (Å²) in [5, 5.41) is 12.5. The maximum Gasteiger partial charge on any atom is 0.119 e. The molecule has 90 valence electrons. The largest absolute Gasteiger partial charge is 0.497 e. The van der Waals surface area contributed by atoms with E-state index in [9.17, 15) is 0 Å². The lowest BCUT2D eigenvalue weighted by Crippen LogP contribution is -2.38. The molecule has 0 amide bonds. The first-order valence-corrected chi connectivity index (χ1v) is 6.03. The molecule has 1 saturated carbocycles. The van der Waals surface area contributed by atoms with E-state index >= 15 is 0 Å². The van der Waals surface area contributed by atoms with E-state index in [1.165, 1.54) is 12.0 Å². The van der Waals surface area contributed by atoms with Crippen LogP contribution in [-0.2, 0) is 6.54 Å². The predicted molar refractivity (Wildman–Crippen MR) is 66.6 cm³/mol. The number of nitriles is 1. The van der Waals surface area contributed by atoms with Crippen LogP contribution in [0.1, 0.15) is 24.8 Å². The molecule has 0 aromatic heterocycles. The maximum absolute atomic E-state index is 9.11. The fraction of sp³-hybridized carbons (Fsp3) is 0.500. The first kappa shape index (κ1) is 11.9. The SMILES string of the molecule is COc1cccc(CNCC2(C#N)CCC2)c1. The van der Waals surface area contributed by atoms with Gasteiger partial charge >= 0.3 is 0 Å². The normalized spacial score (nSPS) is 16.9. The van der Waals surface area contributed by atoms with Crippen LogP contribution in [0.2, 0.25) is 0 Å². The van der Waals surface area contributed by atoms with Gasteiger partial charge in [0.15, 0.2) is 0 Å². The summed E-state index contributed by atoms with van der Waals surface area (Å²) in [5.41, 5.74) is 1.09. The van der Waals surface area contributed by atoms with Gasteiger partial charge in [-0.1, -0.05) is 18.6 Å². The van der Waals surface area contributed by atoms with Crippen molar-refractivity contribution >= 4 is 0 Å². The summed E-state index contributed by atoms with van der Waals surface area (Å²) in [4.78, 5) is 0. The number of hydrogen-bond donors (Lipinski definition) is 1. The zero-order valence-corrected chi connectivity index (χ0v) is 10.2. The number of hydrogen-bond acceptors (Lipinski definition) is 3. The van der Waals surface area contributed by atoms with Crippen molar-refractivity contribution in [2.75, 3.05) is 13.7 Å². The molecule has 0 unspecified atom stereocenters. The highest BCUT2D eigenvalue weighted by atomic mass is 16.5. The van der Waals surface area contributed by atoms with E-state index in [1.54, 1.807) is 7.11 Å². The molecular weight excluding hydrogens is 212 g/mol. The Kier molecular flexibility index (Phi) is 3.65. The van der Waals surface area contributed by atoms with E-state index in [4.69, 9.17) is 10.00 Å². The zero-order valence-electron chi connectivity index (χ0n) is 10.2. The van der Waals surface area contributed by atoms with Crippen LogP contribution in [0.3, 0.4) is 0 Å². The second-order valence-corrected chi connectivity index (χ2v) is 4.70. The van der Waals surface area contributed by atoms with Crippen LogP contribution in [0.5, 0.6) is 5.75 Å². The summed E-state index contributed by atoms with van der Waals surface area (Å²) < 4.78 is 5.18. The van der Waals surface area contributed by atoms with E-state index in [1.807, 2.05) is 18.2 Å². The summed E-state index contributed by atoms with van der Waals surface area (Å²) in [5.74, 6) is 0.878. The van der Waals surface area contributed by atoms with Crippen LogP contribution in [0, 0.1) is 16.7 Å². The summed E-state index contributed by atoms with van der Waals surface area (Å²) in [6.45, 7) is 1.58. The van der Waals surface area contributed by atoms with E-state index in [0.717, 1.165) is 31.7 Å². The molecule has 17 heavy (non-hydrogen) atoms. The summed E-state index contributed by atoms with van der Waals surface area (Å²) >= 11 is 0. The second-order valence-electron chi connectivity index (χ2n) is 4.70. The molecule has 1 aliphatic rings. The molecule has 1 fully saturated rings. The molecular formula is C14H18N2O. The molecule has 0 atom stereocenters. The van der Waals surface area contributed by atoms with Crippen LogP contribution >= 0.6 is 0 Å². The third-order valence-corrected chi connectivity index (χ3v) is 3.47. The molecule has 0 spiro atoms. The van der Waals surface area contributed by atoms with Gasteiger partial charge in [0.25, 0.3) is 0 Å². The quantitative estimate of drug-likeness (QED) is 0.845. The molecule has 3 nitrogen and oxygen atoms in total. The standard InChI is InChI=1S/C14H18N2O/c1-17-13-5-2-4-12(8-13)9-16-11-14(10-15)6-3-7-14/h2,4-5,8,16H,3,6-7,9,11H2,1H3. The summed E-state index contributed by atoms with van der Waals surface area (Å²) in [6, 6.07) is 10.4. The number of methoxy groups -OCH3 is 1. The zero-order chi connectivity index (χ0) is 12.1. The molecule has 0 bridgehead atoms. The lowest BCUT2D eigenvalue weighted by atomic mass is 9.70. The van der Waals surface area contributed by atoms with Gasteiger partial charge in [-0.25, -0.2) is 0 Å². The highest BCUT2D eigenvalue weighted by Crippen LogP contribution is 2.39. The lowest BCUT2D eigenvalue weighted by molar-refractivity contribution is 0.206. The van der Waals surface area contributed by atoms with E-state index in [-0.39, 0.29) is 5.41 Å². The monoisotopic (exact) mass is 230 g/mol. The summed E-state index contributed by atoms with van der Waals surface area (Å²) in [6.07, 6.45) is 3.26. The number of nitrogens with one attached hydrogen (secondary N) is 1. The molecule has 0 saturated heterocycles. The Balaban J connectivity index is 1.84. The van der Waals surface area contributed by atoms with Crippen LogP contribution in [0.15, 0.2) is 24.3 Å². The van der Waals surface area contributed by atoms with Gasteiger partial charge < -0.3 is 10.1 Å². The second kappa shape index (κ2) is 5.20. The van der Waals surface area contributed by atoms with Gasteiger partial charge in [-0.2, -0.15) is 5.26 Å². The average Bonchev–Trinajstić information content (AvgIpc) is 2.33. The molecule has 1 aliphatic carbocycles. The Morgan fingerprint density at radius 3 is 2.88 bits per heavy atom. The molecule has 3 heteroatoms. The molecule has 0 aliphatic heterocycles. The molecule has 1 N–H and O–H groups in total. The highest BCUT2D eigenvalue weighted by molar-refractivity contribution is 5.28. The minimum Gasteiger partial charge on any atom is -0.497 e. The average molecular weight is 230 g/mol. The molecule has 2 rings (SSSR count). The first-order chi connectivity index (χ1) is 8.28. The van der Waals surface area contributed by atoms with Gasteiger partial charge in [-0.15, -0.1) is 0 Å². The van der Waals surface area contributed by atoms with Crippen LogP contribution in [0.4, 0.5) is 0 Å². The number of benzene rings is 1. The number of nitrogens with zero attached hydrogens (tertiary/aromatic N) is 1. The number of ether oxygens (including phenoxy) is 1. The fourth-order valence-corrected chi connectivity index (χ4v) is 2.16. The molecule has 0 heterocycles. The van der Waals surface area contributed by atoms with Crippen molar-refractivity contribution in [2.24, 2.45) is 5.41 Å². The van der Waals surface area contributed by atoms with Crippen molar-refractivity contribution in [3.8, 4) is 11.8 Å². The van der Waals surface area contributed by atoms with Crippen molar-refractivity contribution < 1.29 is 4.74 Å².